The SMILES string of the molecule is Cc1cc(C)nc(N2CCCC(C(=O)Nc3cc(F)ccc3F)C2)n1. The van der Waals surface area contributed by atoms with E-state index in [0.29, 0.717) is 18.9 Å². The number of hydrogen-bond acceptors (Lipinski definition) is 4. The fraction of sp³-hybridized carbons (Fsp3) is 0.389. The topological polar surface area (TPSA) is 58.1 Å². The predicted octanol–water partition coefficient (Wildman–Crippen LogP) is 3.23. The molecule has 0 saturated carbocycles. The molecule has 1 fully saturated rings. The molecule has 5 nitrogen and oxygen atoms in total. The summed E-state index contributed by atoms with van der Waals surface area (Å²) in [4.78, 5) is 23.3. The Bertz CT molecular complexity index is 776. The van der Waals surface area contributed by atoms with E-state index < -0.39 is 11.6 Å². The molecule has 1 atom stereocenters. The first kappa shape index (κ1) is 17.3. The first-order valence-electron chi connectivity index (χ1n) is 8.25. The van der Waals surface area contributed by atoms with Crippen LogP contribution >= 0.6 is 0 Å². The lowest BCUT2D eigenvalue weighted by Gasteiger charge is -2.32. The van der Waals surface area contributed by atoms with Crippen molar-refractivity contribution in [3.63, 3.8) is 0 Å². The summed E-state index contributed by atoms with van der Waals surface area (Å²) in [6.07, 6.45) is 1.49. The molecule has 0 aliphatic carbocycles. The maximum atomic E-state index is 13.7. The van der Waals surface area contributed by atoms with Crippen molar-refractivity contribution in [2.75, 3.05) is 23.3 Å². The van der Waals surface area contributed by atoms with Gasteiger partial charge in [-0.2, -0.15) is 0 Å². The van der Waals surface area contributed by atoms with Crippen molar-refractivity contribution >= 4 is 17.5 Å². The lowest BCUT2D eigenvalue weighted by atomic mass is 9.97. The molecule has 3 rings (SSSR count). The van der Waals surface area contributed by atoms with Crippen LogP contribution in [0.5, 0.6) is 0 Å². The maximum absolute atomic E-state index is 13.7. The van der Waals surface area contributed by atoms with Gasteiger partial charge >= 0.3 is 0 Å². The van der Waals surface area contributed by atoms with Gasteiger partial charge in [-0.15, -0.1) is 0 Å². The highest BCUT2D eigenvalue weighted by atomic mass is 19.1. The molecule has 2 aromatic rings. The number of benzene rings is 1. The zero-order valence-corrected chi connectivity index (χ0v) is 14.2. The summed E-state index contributed by atoms with van der Waals surface area (Å²) in [6, 6.07) is 4.90. The van der Waals surface area contributed by atoms with Crippen LogP contribution in [0.25, 0.3) is 0 Å². The van der Waals surface area contributed by atoms with Crippen molar-refractivity contribution in [3.8, 4) is 0 Å². The fourth-order valence-electron chi connectivity index (χ4n) is 3.05. The van der Waals surface area contributed by atoms with Crippen LogP contribution in [0.1, 0.15) is 24.2 Å². The molecule has 25 heavy (non-hydrogen) atoms. The summed E-state index contributed by atoms with van der Waals surface area (Å²) in [7, 11) is 0. The highest BCUT2D eigenvalue weighted by Crippen LogP contribution is 2.23. The Morgan fingerprint density at radius 2 is 1.92 bits per heavy atom. The van der Waals surface area contributed by atoms with E-state index in [1.54, 1.807) is 0 Å². The number of carbonyl (C=O) groups is 1. The Morgan fingerprint density at radius 3 is 2.64 bits per heavy atom. The summed E-state index contributed by atoms with van der Waals surface area (Å²) in [5.41, 5.74) is 1.61. The number of piperidine rings is 1. The standard InChI is InChI=1S/C18H20F2N4O/c1-11-8-12(2)22-18(21-11)24-7-3-4-13(10-24)17(25)23-16-9-14(19)5-6-15(16)20/h5-6,8-9,13H,3-4,7,10H2,1-2H3,(H,23,25). The summed E-state index contributed by atoms with van der Waals surface area (Å²) in [6.45, 7) is 5.02. The molecule has 1 aromatic heterocycles. The molecule has 0 radical (unpaired) electrons. The highest BCUT2D eigenvalue weighted by molar-refractivity contribution is 5.93. The van der Waals surface area contributed by atoms with Crippen molar-refractivity contribution in [1.29, 1.82) is 0 Å². The molecule has 1 saturated heterocycles. The van der Waals surface area contributed by atoms with E-state index in [4.69, 9.17) is 0 Å². The van der Waals surface area contributed by atoms with Crippen LogP contribution in [-0.4, -0.2) is 29.0 Å². The van der Waals surface area contributed by atoms with Gasteiger partial charge in [-0.1, -0.05) is 0 Å². The molecule has 1 aliphatic heterocycles. The normalized spacial score (nSPS) is 17.4. The Kier molecular flexibility index (Phi) is 4.92. The zero-order valence-electron chi connectivity index (χ0n) is 14.2. The van der Waals surface area contributed by atoms with Crippen LogP contribution < -0.4 is 10.2 Å². The van der Waals surface area contributed by atoms with Gasteiger partial charge in [0.25, 0.3) is 0 Å². The van der Waals surface area contributed by atoms with E-state index in [1.807, 2.05) is 24.8 Å². The molecular weight excluding hydrogens is 326 g/mol. The van der Waals surface area contributed by atoms with E-state index in [0.717, 1.165) is 42.6 Å². The second kappa shape index (κ2) is 7.13. The second-order valence-electron chi connectivity index (χ2n) is 6.35. The molecule has 1 aliphatic rings. The summed E-state index contributed by atoms with van der Waals surface area (Å²) in [5, 5.41) is 2.49. The number of nitrogens with zero attached hydrogens (tertiary/aromatic N) is 3. The second-order valence-corrected chi connectivity index (χ2v) is 6.35. The molecule has 2 heterocycles. The Morgan fingerprint density at radius 1 is 1.20 bits per heavy atom. The van der Waals surface area contributed by atoms with Crippen molar-refractivity contribution in [3.05, 3.63) is 47.3 Å². The number of anilines is 2. The third-order valence-corrected chi connectivity index (χ3v) is 4.23. The fourth-order valence-corrected chi connectivity index (χ4v) is 3.05. The van der Waals surface area contributed by atoms with Crippen molar-refractivity contribution in [2.45, 2.75) is 26.7 Å². The number of rotatable bonds is 3. The number of halogens is 2. The minimum absolute atomic E-state index is 0.134. The molecule has 132 valence electrons. The number of aryl methyl sites for hydroxylation is 2. The van der Waals surface area contributed by atoms with Gasteiger partial charge in [0.2, 0.25) is 11.9 Å². The first-order valence-corrected chi connectivity index (χ1v) is 8.25. The average molecular weight is 346 g/mol. The van der Waals surface area contributed by atoms with Gasteiger partial charge in [-0.05, 0) is 44.9 Å². The van der Waals surface area contributed by atoms with Gasteiger partial charge in [0, 0.05) is 30.5 Å². The van der Waals surface area contributed by atoms with Gasteiger partial charge in [0.1, 0.15) is 11.6 Å². The van der Waals surface area contributed by atoms with E-state index in [-0.39, 0.29) is 17.5 Å². The number of hydrogen-bond donors (Lipinski definition) is 1. The van der Waals surface area contributed by atoms with E-state index >= 15 is 0 Å². The number of nitrogens with one attached hydrogen (secondary N) is 1. The van der Waals surface area contributed by atoms with Gasteiger partial charge in [-0.25, -0.2) is 18.7 Å². The van der Waals surface area contributed by atoms with Gasteiger partial charge in [-0.3, -0.25) is 4.79 Å². The third kappa shape index (κ3) is 4.10. The van der Waals surface area contributed by atoms with Crippen LogP contribution in [0.4, 0.5) is 20.4 Å². The van der Waals surface area contributed by atoms with Crippen molar-refractivity contribution in [1.82, 2.24) is 9.97 Å². The predicted molar refractivity (Wildman–Crippen MR) is 91.4 cm³/mol. The first-order chi connectivity index (χ1) is 11.9. The lowest BCUT2D eigenvalue weighted by molar-refractivity contribution is -0.120. The maximum Gasteiger partial charge on any atom is 0.229 e. The number of carbonyl (C=O) groups excluding carboxylic acids is 1. The van der Waals surface area contributed by atoms with Gasteiger partial charge in [0.15, 0.2) is 0 Å². The molecule has 1 N–H and O–H groups in total. The largest absolute Gasteiger partial charge is 0.340 e. The minimum atomic E-state index is -0.653. The molecule has 1 unspecified atom stereocenters. The molecule has 7 heteroatoms. The number of amides is 1. The quantitative estimate of drug-likeness (QED) is 0.927. The molecular formula is C18H20F2N4O. The number of aromatic nitrogens is 2. The lowest BCUT2D eigenvalue weighted by Crippen LogP contribution is -2.41. The van der Waals surface area contributed by atoms with Gasteiger partial charge < -0.3 is 10.2 Å². The molecule has 0 bridgehead atoms. The van der Waals surface area contributed by atoms with Gasteiger partial charge in [0.05, 0.1) is 11.6 Å². The molecule has 1 amide bonds. The Balaban J connectivity index is 1.72. The van der Waals surface area contributed by atoms with Crippen LogP contribution in [-0.2, 0) is 4.79 Å². The summed E-state index contributed by atoms with van der Waals surface area (Å²) in [5.74, 6) is -1.29. The Labute approximate surface area is 145 Å². The third-order valence-electron chi connectivity index (χ3n) is 4.23. The smallest absolute Gasteiger partial charge is 0.229 e. The minimum Gasteiger partial charge on any atom is -0.340 e. The summed E-state index contributed by atoms with van der Waals surface area (Å²) >= 11 is 0. The Hall–Kier alpha value is -2.57. The van der Waals surface area contributed by atoms with E-state index in [9.17, 15) is 13.6 Å². The van der Waals surface area contributed by atoms with Crippen LogP contribution in [0.2, 0.25) is 0 Å². The summed E-state index contributed by atoms with van der Waals surface area (Å²) < 4.78 is 27.0. The van der Waals surface area contributed by atoms with Crippen molar-refractivity contribution < 1.29 is 13.6 Å². The zero-order chi connectivity index (χ0) is 18.0. The van der Waals surface area contributed by atoms with E-state index in [2.05, 4.69) is 15.3 Å². The molecule has 1 aromatic carbocycles. The highest BCUT2D eigenvalue weighted by Gasteiger charge is 2.28. The van der Waals surface area contributed by atoms with Crippen LogP contribution in [0, 0.1) is 31.4 Å². The average Bonchev–Trinajstić information content (AvgIpc) is 2.57. The van der Waals surface area contributed by atoms with Crippen LogP contribution in [0.15, 0.2) is 24.3 Å². The van der Waals surface area contributed by atoms with E-state index in [1.165, 1.54) is 0 Å². The van der Waals surface area contributed by atoms with Crippen LogP contribution in [0.3, 0.4) is 0 Å². The molecule has 0 spiro atoms. The monoisotopic (exact) mass is 346 g/mol. The van der Waals surface area contributed by atoms with Crippen molar-refractivity contribution in [2.24, 2.45) is 5.92 Å².